The third-order valence-corrected chi connectivity index (χ3v) is 3.65. The van der Waals surface area contributed by atoms with Gasteiger partial charge in [-0.25, -0.2) is 4.68 Å². The highest BCUT2D eigenvalue weighted by atomic mass is 35.5. The number of ketones is 1. The van der Waals surface area contributed by atoms with E-state index in [2.05, 4.69) is 15.4 Å². The van der Waals surface area contributed by atoms with E-state index in [1.54, 1.807) is 11.6 Å². The predicted octanol–water partition coefficient (Wildman–Crippen LogP) is 2.92. The maximum atomic E-state index is 12.0. The van der Waals surface area contributed by atoms with Crippen molar-refractivity contribution in [1.29, 1.82) is 0 Å². The molecule has 0 amide bonds. The molecule has 0 bridgehead atoms. The monoisotopic (exact) mass is 288 g/mol. The molecule has 2 aromatic rings. The molecule has 1 aromatic carbocycles. The summed E-state index contributed by atoms with van der Waals surface area (Å²) in [4.78, 5) is 16.2. The zero-order valence-corrected chi connectivity index (χ0v) is 11.8. The summed E-state index contributed by atoms with van der Waals surface area (Å²) in [5.74, 6) is 0.642. The van der Waals surface area contributed by atoms with Crippen molar-refractivity contribution in [2.45, 2.75) is 19.9 Å². The number of hydrogen-bond acceptors (Lipinski definition) is 4. The number of anilines is 1. The van der Waals surface area contributed by atoms with Gasteiger partial charge in [0.1, 0.15) is 6.33 Å². The number of rotatable bonds is 2. The first-order valence-corrected chi connectivity index (χ1v) is 6.60. The first kappa shape index (κ1) is 12.9. The van der Waals surface area contributed by atoms with Gasteiger partial charge in [0, 0.05) is 10.6 Å². The lowest BCUT2D eigenvalue weighted by Crippen LogP contribution is -2.26. The zero-order valence-electron chi connectivity index (χ0n) is 11.1. The number of carbonyl (C=O) groups excluding carboxylic acids is 1. The number of nitrogens with one attached hydrogen (secondary N) is 1. The van der Waals surface area contributed by atoms with Crippen molar-refractivity contribution in [3.63, 3.8) is 0 Å². The summed E-state index contributed by atoms with van der Waals surface area (Å²) in [6.07, 6.45) is 1.47. The van der Waals surface area contributed by atoms with Gasteiger partial charge in [-0.3, -0.25) is 4.79 Å². The highest BCUT2D eigenvalue weighted by Crippen LogP contribution is 2.35. The Labute approximate surface area is 121 Å². The number of hydrogen-bond donors (Lipinski definition) is 1. The van der Waals surface area contributed by atoms with Gasteiger partial charge in [-0.05, 0) is 31.5 Å². The molecule has 3 rings (SSSR count). The summed E-state index contributed by atoms with van der Waals surface area (Å²) in [5, 5.41) is 8.03. The van der Waals surface area contributed by atoms with E-state index in [9.17, 15) is 4.79 Å². The fraction of sp³-hybridized carbons (Fsp3) is 0.214. The van der Waals surface area contributed by atoms with E-state index in [-0.39, 0.29) is 11.8 Å². The van der Waals surface area contributed by atoms with Crippen LogP contribution in [0.3, 0.4) is 0 Å². The first-order valence-electron chi connectivity index (χ1n) is 6.22. The number of nitrogens with zero attached hydrogens (tertiary/aromatic N) is 3. The molecule has 5 nitrogen and oxygen atoms in total. The van der Waals surface area contributed by atoms with Crippen LogP contribution in [0.4, 0.5) is 5.95 Å². The standard InChI is InChI=1S/C14H13ClN4O/c1-8-12(9(2)20)13(10-3-5-11(15)6-4-10)18-14-16-7-17-19(8)14/h3-7,13H,1-2H3,(H,16,17,18). The molecule has 1 unspecified atom stereocenters. The zero-order chi connectivity index (χ0) is 14.3. The second kappa shape index (κ2) is 4.76. The topological polar surface area (TPSA) is 59.8 Å². The molecule has 1 atom stereocenters. The lowest BCUT2D eigenvalue weighted by molar-refractivity contribution is -0.113. The molecule has 1 N–H and O–H groups in total. The van der Waals surface area contributed by atoms with E-state index in [4.69, 9.17) is 11.6 Å². The Morgan fingerprint density at radius 3 is 2.70 bits per heavy atom. The van der Waals surface area contributed by atoms with Crippen molar-refractivity contribution in [2.24, 2.45) is 0 Å². The molecule has 1 aliphatic rings. The predicted molar refractivity (Wildman–Crippen MR) is 77.4 cm³/mol. The molecule has 0 saturated carbocycles. The Balaban J connectivity index is 2.14. The summed E-state index contributed by atoms with van der Waals surface area (Å²) in [6, 6.07) is 7.20. The summed E-state index contributed by atoms with van der Waals surface area (Å²) >= 11 is 5.92. The summed E-state index contributed by atoms with van der Waals surface area (Å²) in [5.41, 5.74) is 2.45. The van der Waals surface area contributed by atoms with Gasteiger partial charge in [0.15, 0.2) is 5.78 Å². The van der Waals surface area contributed by atoms with E-state index in [0.717, 1.165) is 11.3 Å². The number of Topliss-reactive ketones (excluding diaryl/α,β-unsaturated/α-hetero) is 1. The van der Waals surface area contributed by atoms with Crippen LogP contribution < -0.4 is 5.32 Å². The smallest absolute Gasteiger partial charge is 0.226 e. The van der Waals surface area contributed by atoms with Crippen LogP contribution in [-0.2, 0) is 4.79 Å². The molecule has 102 valence electrons. The summed E-state index contributed by atoms with van der Waals surface area (Å²) in [6.45, 7) is 3.43. The molecule has 0 fully saturated rings. The van der Waals surface area contributed by atoms with Gasteiger partial charge < -0.3 is 5.32 Å². The molecule has 2 heterocycles. The number of fused-ring (bicyclic) bond motifs is 1. The van der Waals surface area contributed by atoms with Crippen LogP contribution in [0.1, 0.15) is 25.5 Å². The number of carbonyl (C=O) groups is 1. The Hall–Kier alpha value is -2.14. The van der Waals surface area contributed by atoms with Crippen molar-refractivity contribution in [3.8, 4) is 0 Å². The Morgan fingerprint density at radius 2 is 2.05 bits per heavy atom. The molecule has 1 aliphatic heterocycles. The largest absolute Gasteiger partial charge is 0.343 e. The van der Waals surface area contributed by atoms with Crippen LogP contribution in [0, 0.1) is 0 Å². The molecular formula is C14H13ClN4O. The molecule has 0 aliphatic carbocycles. The maximum Gasteiger partial charge on any atom is 0.226 e. The quantitative estimate of drug-likeness (QED) is 0.923. The summed E-state index contributed by atoms with van der Waals surface area (Å²) < 4.78 is 1.64. The van der Waals surface area contributed by atoms with Crippen LogP contribution >= 0.6 is 11.6 Å². The van der Waals surface area contributed by atoms with Crippen LogP contribution in [0.2, 0.25) is 5.02 Å². The molecule has 1 aromatic heterocycles. The lowest BCUT2D eigenvalue weighted by atomic mass is 9.93. The van der Waals surface area contributed by atoms with Crippen LogP contribution in [0.5, 0.6) is 0 Å². The van der Waals surface area contributed by atoms with Crippen molar-refractivity contribution < 1.29 is 4.79 Å². The fourth-order valence-corrected chi connectivity index (χ4v) is 2.60. The summed E-state index contributed by atoms with van der Waals surface area (Å²) in [7, 11) is 0. The van der Waals surface area contributed by atoms with E-state index in [0.29, 0.717) is 16.5 Å². The van der Waals surface area contributed by atoms with Gasteiger partial charge in [0.2, 0.25) is 5.95 Å². The molecule has 20 heavy (non-hydrogen) atoms. The van der Waals surface area contributed by atoms with Gasteiger partial charge in [-0.1, -0.05) is 23.7 Å². The molecule has 0 saturated heterocycles. The molecule has 0 spiro atoms. The first-order chi connectivity index (χ1) is 9.58. The minimum Gasteiger partial charge on any atom is -0.343 e. The van der Waals surface area contributed by atoms with Crippen LogP contribution in [0.15, 0.2) is 36.2 Å². The van der Waals surface area contributed by atoms with Gasteiger partial charge >= 0.3 is 0 Å². The van der Waals surface area contributed by atoms with E-state index in [1.165, 1.54) is 6.33 Å². The Bertz CT molecular complexity index is 702. The van der Waals surface area contributed by atoms with Crippen molar-refractivity contribution in [3.05, 3.63) is 46.8 Å². The molecule has 0 radical (unpaired) electrons. The van der Waals surface area contributed by atoms with Gasteiger partial charge in [-0.2, -0.15) is 10.1 Å². The molecular weight excluding hydrogens is 276 g/mol. The number of benzene rings is 1. The SMILES string of the molecule is CC(=O)C1=C(C)n2ncnc2NC1c1ccc(Cl)cc1. The number of allylic oxidation sites excluding steroid dienone is 1. The second-order valence-corrected chi connectivity index (χ2v) is 5.12. The number of aromatic nitrogens is 3. The van der Waals surface area contributed by atoms with E-state index < -0.39 is 0 Å². The number of halogens is 1. The van der Waals surface area contributed by atoms with Crippen LogP contribution in [0.25, 0.3) is 5.70 Å². The molecule has 6 heteroatoms. The van der Waals surface area contributed by atoms with E-state index >= 15 is 0 Å². The van der Waals surface area contributed by atoms with Gasteiger partial charge in [0.25, 0.3) is 0 Å². The Kier molecular flexibility index (Phi) is 3.06. The highest BCUT2D eigenvalue weighted by molar-refractivity contribution is 6.30. The Morgan fingerprint density at radius 1 is 1.35 bits per heavy atom. The normalized spacial score (nSPS) is 17.6. The average molecular weight is 289 g/mol. The van der Waals surface area contributed by atoms with Gasteiger partial charge in [0.05, 0.1) is 11.7 Å². The maximum absolute atomic E-state index is 12.0. The van der Waals surface area contributed by atoms with Crippen molar-refractivity contribution >= 4 is 29.0 Å². The minimum atomic E-state index is -0.235. The second-order valence-electron chi connectivity index (χ2n) is 4.68. The fourth-order valence-electron chi connectivity index (χ4n) is 2.47. The van der Waals surface area contributed by atoms with Crippen LogP contribution in [-0.4, -0.2) is 20.5 Å². The average Bonchev–Trinajstić information content (AvgIpc) is 2.87. The third-order valence-electron chi connectivity index (χ3n) is 3.40. The van der Waals surface area contributed by atoms with Gasteiger partial charge in [-0.15, -0.1) is 0 Å². The highest BCUT2D eigenvalue weighted by Gasteiger charge is 2.29. The van der Waals surface area contributed by atoms with Crippen molar-refractivity contribution in [1.82, 2.24) is 14.8 Å². The minimum absolute atomic E-state index is 0.0103. The van der Waals surface area contributed by atoms with Crippen molar-refractivity contribution in [2.75, 3.05) is 5.32 Å². The lowest BCUT2D eigenvalue weighted by Gasteiger charge is -2.28. The van der Waals surface area contributed by atoms with E-state index in [1.807, 2.05) is 31.2 Å². The third kappa shape index (κ3) is 2.00.